The van der Waals surface area contributed by atoms with Gasteiger partial charge in [0.25, 0.3) is 0 Å². The monoisotopic (exact) mass is 621 g/mol. The van der Waals surface area contributed by atoms with Gasteiger partial charge >= 0.3 is 6.01 Å². The molecule has 0 amide bonds. The first-order chi connectivity index (χ1) is 21.8. The molecule has 2 aromatic carbocycles. The lowest BCUT2D eigenvalue weighted by Crippen LogP contribution is -2.54. The van der Waals surface area contributed by atoms with Gasteiger partial charge in [0.15, 0.2) is 5.82 Å². The Morgan fingerprint density at radius 2 is 1.93 bits per heavy atom. The van der Waals surface area contributed by atoms with E-state index < -0.39 is 23.3 Å². The van der Waals surface area contributed by atoms with E-state index in [0.717, 1.165) is 19.4 Å². The number of hydrogen-bond donors (Lipinski definition) is 1. The van der Waals surface area contributed by atoms with E-state index >= 15 is 4.39 Å². The Morgan fingerprint density at radius 3 is 2.73 bits per heavy atom. The average molecular weight is 622 g/mol. The second kappa shape index (κ2) is 11.0. The lowest BCUT2D eigenvalue weighted by Gasteiger charge is -2.42. The van der Waals surface area contributed by atoms with Crippen LogP contribution >= 0.6 is 0 Å². The molecule has 1 N–H and O–H groups in total. The smallest absolute Gasteiger partial charge is 0.319 e. The zero-order valence-electron chi connectivity index (χ0n) is 24.9. The largest absolute Gasteiger partial charge is 0.508 e. The van der Waals surface area contributed by atoms with E-state index in [1.54, 1.807) is 6.07 Å². The Kier molecular flexibility index (Phi) is 6.99. The molecule has 0 radical (unpaired) electrons. The van der Waals surface area contributed by atoms with Crippen LogP contribution in [0.1, 0.15) is 31.7 Å². The molecule has 4 aliphatic rings. The number of benzene rings is 2. The number of anilines is 1. The van der Waals surface area contributed by atoms with Gasteiger partial charge in [-0.1, -0.05) is 13.0 Å². The number of fused-ring (bicyclic) bond motifs is 5. The Morgan fingerprint density at radius 1 is 1.11 bits per heavy atom. The van der Waals surface area contributed by atoms with Crippen molar-refractivity contribution in [1.82, 2.24) is 19.9 Å². The molecule has 0 saturated carbocycles. The molecule has 236 valence electrons. The summed E-state index contributed by atoms with van der Waals surface area (Å²) >= 11 is 0. The Bertz CT molecular complexity index is 1800. The molecule has 0 aliphatic carbocycles. The molecular formula is C33H34F3N5O4. The molecule has 4 aromatic rings. The number of aromatic nitrogens is 3. The summed E-state index contributed by atoms with van der Waals surface area (Å²) in [7, 11) is 0. The summed E-state index contributed by atoms with van der Waals surface area (Å²) in [6.07, 6.45) is 2.78. The molecule has 12 heteroatoms. The fraction of sp³-hybridized carbons (Fsp3) is 0.485. The van der Waals surface area contributed by atoms with Crippen LogP contribution in [0.15, 0.2) is 30.5 Å². The topological polar surface area (TPSA) is 93.1 Å². The predicted octanol–water partition coefficient (Wildman–Crippen LogP) is 4.95. The number of morpholine rings is 1. The number of rotatable bonds is 6. The van der Waals surface area contributed by atoms with Crippen LogP contribution in [0.4, 0.5) is 19.0 Å². The zero-order chi connectivity index (χ0) is 30.9. The highest BCUT2D eigenvalue weighted by molar-refractivity contribution is 6.01. The SMILES string of the molecule is CCc1c(F)ccc2cc(O)cc(-c3ncc4c(N5CC6COCC(C5)O6)nc(OC[C@@]56CCCN5C[C@H](F)C6)nc4c3F)c12. The number of aryl methyl sites for hydroxylation is 1. The second-order valence-electron chi connectivity index (χ2n) is 12.7. The normalized spacial score (nSPS) is 26.6. The summed E-state index contributed by atoms with van der Waals surface area (Å²) in [6.45, 7) is 5.05. The number of hydrogen-bond acceptors (Lipinski definition) is 9. The fourth-order valence-electron chi connectivity index (χ4n) is 7.81. The third kappa shape index (κ3) is 4.85. The number of phenolic OH excluding ortho intramolecular Hbond substituents is 1. The number of alkyl halides is 1. The van der Waals surface area contributed by atoms with Crippen LogP contribution in [0.2, 0.25) is 0 Å². The molecule has 6 heterocycles. The Balaban J connectivity index is 1.27. The third-order valence-corrected chi connectivity index (χ3v) is 9.78. The van der Waals surface area contributed by atoms with Gasteiger partial charge in [-0.25, -0.2) is 13.2 Å². The average Bonchev–Trinajstić information content (AvgIpc) is 3.55. The number of nitrogens with zero attached hydrogens (tertiary/aromatic N) is 5. The van der Waals surface area contributed by atoms with E-state index in [0.29, 0.717) is 73.2 Å². The zero-order valence-corrected chi connectivity index (χ0v) is 24.9. The van der Waals surface area contributed by atoms with Gasteiger partial charge in [-0.3, -0.25) is 9.88 Å². The van der Waals surface area contributed by atoms with Crippen LogP contribution in [0.5, 0.6) is 11.8 Å². The van der Waals surface area contributed by atoms with E-state index in [2.05, 4.69) is 14.9 Å². The Hall–Kier alpha value is -3.74. The molecule has 4 atom stereocenters. The van der Waals surface area contributed by atoms with E-state index in [9.17, 15) is 13.9 Å². The van der Waals surface area contributed by atoms with E-state index in [1.807, 2.05) is 11.8 Å². The first-order valence-electron chi connectivity index (χ1n) is 15.6. The molecule has 2 aromatic heterocycles. The molecule has 4 saturated heterocycles. The van der Waals surface area contributed by atoms with E-state index in [1.165, 1.54) is 24.4 Å². The minimum Gasteiger partial charge on any atom is -0.508 e. The molecule has 4 aliphatic heterocycles. The van der Waals surface area contributed by atoms with Crippen molar-refractivity contribution in [2.75, 3.05) is 50.9 Å². The van der Waals surface area contributed by atoms with Crippen molar-refractivity contribution >= 4 is 27.5 Å². The lowest BCUT2D eigenvalue weighted by molar-refractivity contribution is -0.144. The number of halogens is 3. The first kappa shape index (κ1) is 28.7. The molecule has 0 spiro atoms. The predicted molar refractivity (Wildman–Crippen MR) is 161 cm³/mol. The van der Waals surface area contributed by atoms with Gasteiger partial charge in [0, 0.05) is 37.8 Å². The lowest BCUT2D eigenvalue weighted by atomic mass is 9.94. The minimum atomic E-state index is -0.919. The van der Waals surface area contributed by atoms with Gasteiger partial charge in [-0.05, 0) is 60.3 Å². The first-order valence-corrected chi connectivity index (χ1v) is 15.6. The van der Waals surface area contributed by atoms with Crippen LogP contribution in [-0.4, -0.2) is 94.9 Å². The van der Waals surface area contributed by atoms with Crippen molar-refractivity contribution in [2.45, 2.75) is 56.5 Å². The number of ether oxygens (including phenoxy) is 3. The number of aromatic hydroxyl groups is 1. The molecule has 9 nitrogen and oxygen atoms in total. The van der Waals surface area contributed by atoms with Gasteiger partial charge in [-0.15, -0.1) is 0 Å². The Labute approximate surface area is 257 Å². The van der Waals surface area contributed by atoms with Gasteiger partial charge in [-0.2, -0.15) is 9.97 Å². The van der Waals surface area contributed by atoms with Crippen LogP contribution < -0.4 is 9.64 Å². The van der Waals surface area contributed by atoms with Crippen molar-refractivity contribution in [3.05, 3.63) is 47.7 Å². The quantitative estimate of drug-likeness (QED) is 0.321. The summed E-state index contributed by atoms with van der Waals surface area (Å²) < 4.78 is 64.2. The van der Waals surface area contributed by atoms with E-state index in [4.69, 9.17) is 19.2 Å². The summed E-state index contributed by atoms with van der Waals surface area (Å²) in [5.74, 6) is -0.779. The van der Waals surface area contributed by atoms with Crippen molar-refractivity contribution in [1.29, 1.82) is 0 Å². The van der Waals surface area contributed by atoms with Crippen LogP contribution in [-0.2, 0) is 15.9 Å². The standard InChI is InChI=1S/C33H34F3N5O4/c1-2-23-26(35)5-4-18-8-20(42)9-24(27(18)23)29-28(36)30-25(11-37-29)31(40-13-21-15-43-16-22(14-40)45-21)39-32(38-30)44-17-33-6-3-7-41(33)12-19(34)10-33/h4-5,8-9,11,19,21-22,42H,2-3,6-7,10,12-17H2,1H3/t19-,21?,22?,33+/m1/s1. The summed E-state index contributed by atoms with van der Waals surface area (Å²) in [4.78, 5) is 18.0. The van der Waals surface area contributed by atoms with Gasteiger partial charge in [0.2, 0.25) is 0 Å². The highest BCUT2D eigenvalue weighted by Crippen LogP contribution is 2.42. The van der Waals surface area contributed by atoms with Crippen molar-refractivity contribution in [2.24, 2.45) is 0 Å². The molecule has 4 fully saturated rings. The maximum atomic E-state index is 16.8. The van der Waals surface area contributed by atoms with Gasteiger partial charge in [0.1, 0.15) is 41.4 Å². The molecule has 8 rings (SSSR count). The highest BCUT2D eigenvalue weighted by atomic mass is 19.1. The maximum Gasteiger partial charge on any atom is 0.319 e. The second-order valence-corrected chi connectivity index (χ2v) is 12.7. The number of phenols is 1. The number of pyridine rings is 1. The van der Waals surface area contributed by atoms with Gasteiger partial charge < -0.3 is 24.2 Å². The third-order valence-electron chi connectivity index (χ3n) is 9.78. The van der Waals surface area contributed by atoms with Crippen LogP contribution in [0, 0.1) is 11.6 Å². The highest BCUT2D eigenvalue weighted by Gasteiger charge is 2.49. The van der Waals surface area contributed by atoms with Crippen molar-refractivity contribution < 1.29 is 32.5 Å². The minimum absolute atomic E-state index is 0.00517. The summed E-state index contributed by atoms with van der Waals surface area (Å²) in [5.41, 5.74) is 0.162. The maximum absolute atomic E-state index is 16.8. The summed E-state index contributed by atoms with van der Waals surface area (Å²) in [6, 6.07) is 5.83. The molecule has 2 unspecified atom stereocenters. The van der Waals surface area contributed by atoms with Crippen molar-refractivity contribution in [3.63, 3.8) is 0 Å². The van der Waals surface area contributed by atoms with Crippen LogP contribution in [0.3, 0.4) is 0 Å². The fourth-order valence-corrected chi connectivity index (χ4v) is 7.81. The van der Waals surface area contributed by atoms with Crippen molar-refractivity contribution in [3.8, 4) is 23.0 Å². The molecule has 2 bridgehead atoms. The molecular weight excluding hydrogens is 587 g/mol. The summed E-state index contributed by atoms with van der Waals surface area (Å²) in [5, 5.41) is 12.0. The van der Waals surface area contributed by atoms with Crippen LogP contribution in [0.25, 0.3) is 32.9 Å². The van der Waals surface area contributed by atoms with Gasteiger partial charge in [0.05, 0.1) is 36.3 Å². The van der Waals surface area contributed by atoms with E-state index in [-0.39, 0.29) is 47.3 Å². The molecule has 45 heavy (non-hydrogen) atoms.